The molecular formula is C9H5N3O2. The Hall–Kier alpha value is -2.44. The van der Waals surface area contributed by atoms with Crippen molar-refractivity contribution in [2.75, 3.05) is 0 Å². The zero-order valence-corrected chi connectivity index (χ0v) is 7.01. The molecule has 1 aromatic carbocycles. The van der Waals surface area contributed by atoms with Gasteiger partial charge in [0.25, 0.3) is 0 Å². The quantitative estimate of drug-likeness (QED) is 0.418. The van der Waals surface area contributed by atoms with Gasteiger partial charge in [-0.15, -0.1) is 0 Å². The van der Waals surface area contributed by atoms with Gasteiger partial charge in [-0.25, -0.2) is 4.79 Å². The van der Waals surface area contributed by atoms with Gasteiger partial charge in [0.1, 0.15) is 0 Å². The summed E-state index contributed by atoms with van der Waals surface area (Å²) in [5.41, 5.74) is 8.63. The Balaban J connectivity index is 3.16. The van der Waals surface area contributed by atoms with E-state index in [0.717, 1.165) is 0 Å². The topological polar surface area (TPSA) is 97.5 Å². The highest BCUT2D eigenvalue weighted by atomic mass is 16.4. The summed E-state index contributed by atoms with van der Waals surface area (Å²) in [4.78, 5) is 13.2. The van der Waals surface area contributed by atoms with Crippen LogP contribution in [0.4, 0.5) is 0 Å². The highest BCUT2D eigenvalue weighted by molar-refractivity contribution is 6.39. The highest BCUT2D eigenvalue weighted by Gasteiger charge is 2.20. The molecule has 0 atom stereocenters. The monoisotopic (exact) mass is 187 g/mol. The van der Waals surface area contributed by atoms with Gasteiger partial charge in [0, 0.05) is 0 Å². The van der Waals surface area contributed by atoms with Crippen LogP contribution in [0.15, 0.2) is 24.3 Å². The van der Waals surface area contributed by atoms with Crippen molar-refractivity contribution in [1.82, 2.24) is 0 Å². The maximum absolute atomic E-state index is 10.5. The number of carbonyl (C=O) groups is 1. The third-order valence-electron chi connectivity index (χ3n) is 1.59. The minimum absolute atomic E-state index is 0.249. The van der Waals surface area contributed by atoms with Crippen molar-refractivity contribution in [3.05, 3.63) is 40.9 Å². The third kappa shape index (κ3) is 1.83. The predicted octanol–water partition coefficient (Wildman–Crippen LogP) is 0.662. The number of carboxylic acids is 1. The Kier molecular flexibility index (Phi) is 2.75. The van der Waals surface area contributed by atoms with Crippen molar-refractivity contribution >= 4 is 11.7 Å². The van der Waals surface area contributed by atoms with Crippen LogP contribution in [-0.2, 0) is 4.79 Å². The number of benzene rings is 1. The Morgan fingerprint density at radius 3 is 2.36 bits per heavy atom. The lowest BCUT2D eigenvalue weighted by atomic mass is 10.1. The molecule has 0 amide bonds. The Morgan fingerprint density at radius 1 is 1.43 bits per heavy atom. The molecule has 0 spiro atoms. The molecule has 0 aliphatic rings. The zero-order valence-electron chi connectivity index (χ0n) is 7.01. The van der Waals surface area contributed by atoms with Crippen molar-refractivity contribution in [3.8, 4) is 6.07 Å². The summed E-state index contributed by atoms with van der Waals surface area (Å²) in [6, 6.07) is 7.60. The first-order chi connectivity index (χ1) is 6.69. The fourth-order valence-corrected chi connectivity index (χ4v) is 0.927. The van der Waals surface area contributed by atoms with Gasteiger partial charge in [0.15, 0.2) is 0 Å². The van der Waals surface area contributed by atoms with Crippen molar-refractivity contribution in [2.24, 2.45) is 0 Å². The van der Waals surface area contributed by atoms with Gasteiger partial charge < -0.3 is 10.6 Å². The normalized spacial score (nSPS) is 8.50. The molecule has 0 aliphatic carbocycles. The first kappa shape index (κ1) is 9.65. The van der Waals surface area contributed by atoms with Crippen LogP contribution in [0.2, 0.25) is 0 Å². The maximum atomic E-state index is 10.5. The maximum Gasteiger partial charge on any atom is 0.419 e. The molecule has 5 heteroatoms. The zero-order chi connectivity index (χ0) is 10.6. The van der Waals surface area contributed by atoms with E-state index in [9.17, 15) is 4.79 Å². The van der Waals surface area contributed by atoms with E-state index in [2.05, 4.69) is 4.79 Å². The standard InChI is InChI=1S/C9H5N3O2/c10-5-6-1-3-7(4-2-6)8(12-11)9(13)14/h1-4H,(H,13,14). The van der Waals surface area contributed by atoms with Crippen LogP contribution in [0, 0.1) is 11.3 Å². The van der Waals surface area contributed by atoms with Crippen molar-refractivity contribution in [1.29, 1.82) is 5.26 Å². The number of nitriles is 1. The van der Waals surface area contributed by atoms with Crippen LogP contribution >= 0.6 is 0 Å². The minimum Gasteiger partial charge on any atom is -0.472 e. The molecule has 1 N–H and O–H groups in total. The van der Waals surface area contributed by atoms with Gasteiger partial charge in [0.05, 0.1) is 17.2 Å². The number of rotatable bonds is 2. The van der Waals surface area contributed by atoms with Crippen LogP contribution in [-0.4, -0.2) is 21.6 Å². The fourth-order valence-electron chi connectivity index (χ4n) is 0.927. The van der Waals surface area contributed by atoms with Gasteiger partial charge in [-0.3, -0.25) is 0 Å². The Labute approximate surface area is 79.5 Å². The van der Waals surface area contributed by atoms with Crippen LogP contribution in [0.25, 0.3) is 5.53 Å². The van der Waals surface area contributed by atoms with E-state index < -0.39 is 11.7 Å². The molecule has 0 fully saturated rings. The van der Waals surface area contributed by atoms with E-state index in [1.165, 1.54) is 24.3 Å². The van der Waals surface area contributed by atoms with E-state index in [-0.39, 0.29) is 5.56 Å². The lowest BCUT2D eigenvalue weighted by Crippen LogP contribution is -2.15. The molecule has 0 saturated heterocycles. The Morgan fingerprint density at radius 2 is 2.00 bits per heavy atom. The minimum atomic E-state index is -1.32. The molecule has 0 aliphatic heterocycles. The SMILES string of the molecule is N#Cc1ccc(C(=[N+]=[N-])C(=O)O)cc1. The molecule has 0 unspecified atom stereocenters. The molecule has 1 rings (SSSR count). The smallest absolute Gasteiger partial charge is 0.419 e. The molecule has 1 aromatic rings. The molecule has 0 saturated carbocycles. The van der Waals surface area contributed by atoms with Gasteiger partial charge >= 0.3 is 11.7 Å². The highest BCUT2D eigenvalue weighted by Crippen LogP contribution is 2.03. The summed E-state index contributed by atoms with van der Waals surface area (Å²) in [6.45, 7) is 0. The number of aliphatic carboxylic acids is 1. The van der Waals surface area contributed by atoms with Gasteiger partial charge in [0.2, 0.25) is 0 Å². The summed E-state index contributed by atoms with van der Waals surface area (Å²) in [5.74, 6) is -1.32. The summed E-state index contributed by atoms with van der Waals surface area (Å²) < 4.78 is 0. The van der Waals surface area contributed by atoms with Crippen molar-refractivity contribution in [2.45, 2.75) is 0 Å². The second-order valence-electron chi connectivity index (χ2n) is 2.44. The first-order valence-corrected chi connectivity index (χ1v) is 3.65. The average Bonchev–Trinajstić information content (AvgIpc) is 2.19. The van der Waals surface area contributed by atoms with E-state index >= 15 is 0 Å². The van der Waals surface area contributed by atoms with Gasteiger partial charge in [-0.05, 0) is 24.3 Å². The third-order valence-corrected chi connectivity index (χ3v) is 1.59. The number of hydrogen-bond acceptors (Lipinski definition) is 2. The summed E-state index contributed by atoms with van der Waals surface area (Å²) in [7, 11) is 0. The summed E-state index contributed by atoms with van der Waals surface area (Å²) >= 11 is 0. The van der Waals surface area contributed by atoms with Gasteiger partial charge in [-0.2, -0.15) is 10.1 Å². The van der Waals surface area contributed by atoms with Crippen molar-refractivity contribution in [3.63, 3.8) is 0 Å². The van der Waals surface area contributed by atoms with E-state index in [0.29, 0.717) is 5.56 Å². The molecule has 5 nitrogen and oxygen atoms in total. The van der Waals surface area contributed by atoms with Crippen molar-refractivity contribution < 1.29 is 14.7 Å². The average molecular weight is 187 g/mol. The number of nitrogens with zero attached hydrogens (tertiary/aromatic N) is 3. The van der Waals surface area contributed by atoms with E-state index in [1.54, 1.807) is 0 Å². The fraction of sp³-hybridized carbons (Fsp3) is 0. The van der Waals surface area contributed by atoms with Gasteiger partial charge in [-0.1, -0.05) is 0 Å². The van der Waals surface area contributed by atoms with E-state index in [1.807, 2.05) is 6.07 Å². The summed E-state index contributed by atoms with van der Waals surface area (Å²) in [5, 5.41) is 17.1. The van der Waals surface area contributed by atoms with E-state index in [4.69, 9.17) is 15.9 Å². The number of hydrogen-bond donors (Lipinski definition) is 1. The predicted molar refractivity (Wildman–Crippen MR) is 46.5 cm³/mol. The van der Waals surface area contributed by atoms with Crippen LogP contribution in [0.5, 0.6) is 0 Å². The molecule has 0 bridgehead atoms. The molecule has 0 radical (unpaired) electrons. The van der Waals surface area contributed by atoms with Crippen LogP contribution in [0.3, 0.4) is 0 Å². The summed E-state index contributed by atoms with van der Waals surface area (Å²) in [6.07, 6.45) is 0. The molecule has 14 heavy (non-hydrogen) atoms. The second-order valence-corrected chi connectivity index (χ2v) is 2.44. The molecule has 0 heterocycles. The lowest BCUT2D eigenvalue weighted by molar-refractivity contribution is -0.133. The molecule has 0 aromatic heterocycles. The molecule has 68 valence electrons. The Bertz CT molecular complexity index is 450. The number of carboxylic acid groups (broad SMARTS) is 1. The molecular weight excluding hydrogens is 182 g/mol. The van der Waals surface area contributed by atoms with Crippen LogP contribution in [0.1, 0.15) is 11.1 Å². The second kappa shape index (κ2) is 3.99. The van der Waals surface area contributed by atoms with Crippen LogP contribution < -0.4 is 0 Å². The first-order valence-electron chi connectivity index (χ1n) is 3.65. The largest absolute Gasteiger partial charge is 0.472 e. The lowest BCUT2D eigenvalue weighted by Gasteiger charge is -1.91.